The minimum atomic E-state index is -0.515. The number of nitrogens with one attached hydrogen (secondary N) is 1. The van der Waals surface area contributed by atoms with E-state index in [4.69, 9.17) is 14.2 Å². The minimum absolute atomic E-state index is 0.130. The zero-order valence-electron chi connectivity index (χ0n) is 18.6. The van der Waals surface area contributed by atoms with E-state index in [1.54, 1.807) is 20.3 Å². The van der Waals surface area contributed by atoms with Crippen LogP contribution in [-0.4, -0.2) is 38.4 Å². The molecule has 0 atom stereocenters. The van der Waals surface area contributed by atoms with Gasteiger partial charge in [-0.25, -0.2) is 5.43 Å². The Hall–Kier alpha value is -4.13. The van der Waals surface area contributed by atoms with Gasteiger partial charge in [0.2, 0.25) is 0 Å². The molecule has 3 aromatic rings. The van der Waals surface area contributed by atoms with Gasteiger partial charge < -0.3 is 14.2 Å². The summed E-state index contributed by atoms with van der Waals surface area (Å²) < 4.78 is 15.6. The summed E-state index contributed by atoms with van der Waals surface area (Å²) in [5.74, 6) is 0.216. The molecule has 0 unspecified atom stereocenters. The molecule has 0 saturated carbocycles. The Morgan fingerprint density at radius 2 is 1.42 bits per heavy atom. The van der Waals surface area contributed by atoms with E-state index in [1.165, 1.54) is 0 Å². The molecule has 170 valence electrons. The van der Waals surface area contributed by atoms with E-state index >= 15 is 0 Å². The quantitative estimate of drug-likeness (QED) is 0.291. The molecular formula is C26H26N2O5. The maximum Gasteiger partial charge on any atom is 0.306 e. The minimum Gasteiger partial charge on any atom is -0.493 e. The van der Waals surface area contributed by atoms with Crippen molar-refractivity contribution in [2.75, 3.05) is 20.8 Å². The number of benzene rings is 3. The van der Waals surface area contributed by atoms with Crippen molar-refractivity contribution in [1.29, 1.82) is 0 Å². The average Bonchev–Trinajstić information content (AvgIpc) is 2.87. The molecule has 33 heavy (non-hydrogen) atoms. The van der Waals surface area contributed by atoms with Crippen molar-refractivity contribution in [2.45, 2.75) is 12.8 Å². The summed E-state index contributed by atoms with van der Waals surface area (Å²) in [4.78, 5) is 24.3. The molecule has 0 spiro atoms. The monoisotopic (exact) mass is 446 g/mol. The first kappa shape index (κ1) is 23.5. The smallest absolute Gasteiger partial charge is 0.306 e. The van der Waals surface area contributed by atoms with E-state index in [-0.39, 0.29) is 6.42 Å². The fraction of sp³-hybridized carbons (Fsp3) is 0.192. The molecule has 3 aromatic carbocycles. The molecule has 0 aromatic heterocycles. The molecule has 0 radical (unpaired) electrons. The van der Waals surface area contributed by atoms with Crippen LogP contribution in [0.15, 0.2) is 84.0 Å². The van der Waals surface area contributed by atoms with Crippen molar-refractivity contribution >= 4 is 17.6 Å². The van der Waals surface area contributed by atoms with Crippen LogP contribution in [-0.2, 0) is 20.7 Å². The van der Waals surface area contributed by atoms with Crippen LogP contribution in [0.2, 0.25) is 0 Å². The van der Waals surface area contributed by atoms with E-state index in [0.717, 1.165) is 16.7 Å². The van der Waals surface area contributed by atoms with Gasteiger partial charge in [0.1, 0.15) is 0 Å². The molecule has 0 fully saturated rings. The van der Waals surface area contributed by atoms with E-state index in [1.807, 2.05) is 72.8 Å². The molecule has 7 heteroatoms. The van der Waals surface area contributed by atoms with Gasteiger partial charge in [0.05, 0.1) is 19.9 Å². The Morgan fingerprint density at radius 3 is 2.00 bits per heavy atom. The summed E-state index contributed by atoms with van der Waals surface area (Å²) in [5, 5.41) is 4.27. The van der Waals surface area contributed by atoms with Crippen LogP contribution >= 0.6 is 0 Å². The lowest BCUT2D eigenvalue weighted by molar-refractivity contribution is -0.148. The van der Waals surface area contributed by atoms with Crippen LogP contribution in [0.1, 0.15) is 23.1 Å². The zero-order valence-corrected chi connectivity index (χ0v) is 18.6. The van der Waals surface area contributed by atoms with E-state index in [0.29, 0.717) is 23.6 Å². The summed E-state index contributed by atoms with van der Waals surface area (Å²) in [5.41, 5.74) is 5.71. The number of methoxy groups -OCH3 is 2. The predicted octanol–water partition coefficient (Wildman–Crippen LogP) is 3.75. The maximum absolute atomic E-state index is 12.2. The molecule has 0 aliphatic heterocycles. The number of nitrogens with zero attached hydrogens (tertiary/aromatic N) is 1. The first-order valence-electron chi connectivity index (χ1n) is 10.4. The number of rotatable bonds is 10. The summed E-state index contributed by atoms with van der Waals surface area (Å²) in [6.07, 6.45) is 0.580. The Kier molecular flexibility index (Phi) is 8.59. The normalized spacial score (nSPS) is 10.1. The fourth-order valence-corrected chi connectivity index (χ4v) is 3.14. The molecule has 1 amide bonds. The van der Waals surface area contributed by atoms with Gasteiger partial charge in [0.25, 0.3) is 5.91 Å². The summed E-state index contributed by atoms with van der Waals surface area (Å²) >= 11 is 0. The van der Waals surface area contributed by atoms with Crippen molar-refractivity contribution in [2.24, 2.45) is 5.10 Å². The highest BCUT2D eigenvalue weighted by Gasteiger charge is 2.11. The van der Waals surface area contributed by atoms with E-state index in [2.05, 4.69) is 10.5 Å². The van der Waals surface area contributed by atoms with Crippen molar-refractivity contribution in [3.05, 3.63) is 95.6 Å². The first-order valence-corrected chi connectivity index (χ1v) is 10.4. The van der Waals surface area contributed by atoms with Crippen molar-refractivity contribution in [1.82, 2.24) is 5.43 Å². The Labute approximate surface area is 193 Å². The molecule has 0 heterocycles. The lowest BCUT2D eigenvalue weighted by Crippen LogP contribution is -2.26. The molecular weight excluding hydrogens is 420 g/mol. The third-order valence-electron chi connectivity index (χ3n) is 4.82. The molecule has 1 N–H and O–H groups in total. The van der Waals surface area contributed by atoms with Gasteiger partial charge in [-0.05, 0) is 24.1 Å². The number of hydrogen-bond donors (Lipinski definition) is 1. The number of hydrazone groups is 1. The van der Waals surface area contributed by atoms with Gasteiger partial charge in [-0.1, -0.05) is 66.7 Å². The van der Waals surface area contributed by atoms with Gasteiger partial charge in [-0.2, -0.15) is 5.10 Å². The average molecular weight is 447 g/mol. The van der Waals surface area contributed by atoms with Crippen molar-refractivity contribution in [3.63, 3.8) is 0 Å². The fourth-order valence-electron chi connectivity index (χ4n) is 3.14. The maximum atomic E-state index is 12.2. The number of carbonyl (C=O) groups excluding carboxylic acids is 2. The summed E-state index contributed by atoms with van der Waals surface area (Å²) in [6, 6.07) is 24.5. The SMILES string of the molecule is COc1ccc(CCC(=O)OCC(=O)NN=C(c2ccccc2)c2ccccc2)cc1OC. The predicted molar refractivity (Wildman–Crippen MR) is 125 cm³/mol. The van der Waals surface area contributed by atoms with Crippen molar-refractivity contribution in [3.8, 4) is 11.5 Å². The Bertz CT molecular complexity index is 1060. The number of amides is 1. The third kappa shape index (κ3) is 6.93. The van der Waals surface area contributed by atoms with Crippen LogP contribution in [0.5, 0.6) is 11.5 Å². The molecule has 7 nitrogen and oxygen atoms in total. The van der Waals surface area contributed by atoms with Gasteiger partial charge >= 0.3 is 5.97 Å². The second-order valence-corrected chi connectivity index (χ2v) is 7.08. The van der Waals surface area contributed by atoms with Crippen LogP contribution in [0.4, 0.5) is 0 Å². The Balaban J connectivity index is 1.53. The number of esters is 1. The summed E-state index contributed by atoms with van der Waals surface area (Å²) in [7, 11) is 3.12. The number of ether oxygens (including phenoxy) is 3. The molecule has 0 bridgehead atoms. The standard InChI is InChI=1S/C26H26N2O5/c1-31-22-15-13-19(17-23(22)32-2)14-16-25(30)33-18-24(29)27-28-26(20-9-5-3-6-10-20)21-11-7-4-8-12-21/h3-13,15,17H,14,16,18H2,1-2H3,(H,27,29). The highest BCUT2D eigenvalue weighted by molar-refractivity contribution is 6.13. The topological polar surface area (TPSA) is 86.2 Å². The van der Waals surface area contributed by atoms with Gasteiger partial charge in [-0.3, -0.25) is 9.59 Å². The van der Waals surface area contributed by atoms with E-state index in [9.17, 15) is 9.59 Å². The molecule has 0 aliphatic carbocycles. The second-order valence-electron chi connectivity index (χ2n) is 7.08. The van der Waals surface area contributed by atoms with Gasteiger partial charge in [-0.15, -0.1) is 0 Å². The third-order valence-corrected chi connectivity index (χ3v) is 4.82. The number of carbonyl (C=O) groups is 2. The largest absolute Gasteiger partial charge is 0.493 e. The molecule has 0 aliphatic rings. The van der Waals surface area contributed by atoms with E-state index < -0.39 is 18.5 Å². The Morgan fingerprint density at radius 1 is 0.818 bits per heavy atom. The molecule has 3 rings (SSSR count). The highest BCUT2D eigenvalue weighted by Crippen LogP contribution is 2.28. The van der Waals surface area contributed by atoms with Crippen LogP contribution in [0.3, 0.4) is 0 Å². The highest BCUT2D eigenvalue weighted by atomic mass is 16.5. The van der Waals surface area contributed by atoms with Gasteiger partial charge in [0.15, 0.2) is 18.1 Å². The first-order chi connectivity index (χ1) is 16.1. The van der Waals surface area contributed by atoms with Gasteiger partial charge in [0, 0.05) is 17.5 Å². The number of aryl methyl sites for hydroxylation is 1. The van der Waals surface area contributed by atoms with Crippen LogP contribution < -0.4 is 14.9 Å². The zero-order chi connectivity index (χ0) is 23.5. The number of hydrogen-bond acceptors (Lipinski definition) is 6. The lowest BCUT2D eigenvalue weighted by Gasteiger charge is -2.10. The van der Waals surface area contributed by atoms with Crippen molar-refractivity contribution < 1.29 is 23.8 Å². The van der Waals surface area contributed by atoms with Crippen LogP contribution in [0, 0.1) is 0 Å². The summed E-state index contributed by atoms with van der Waals surface area (Å²) in [6.45, 7) is -0.412. The lowest BCUT2D eigenvalue weighted by atomic mass is 10.0. The van der Waals surface area contributed by atoms with Crippen LogP contribution in [0.25, 0.3) is 0 Å². The molecule has 0 saturated heterocycles. The second kappa shape index (κ2) is 12.0.